The van der Waals surface area contributed by atoms with Crippen LogP contribution in [0.2, 0.25) is 5.02 Å². The van der Waals surface area contributed by atoms with E-state index in [4.69, 9.17) is 17.3 Å². The highest BCUT2D eigenvalue weighted by atomic mass is 35.5. The first-order chi connectivity index (χ1) is 8.61. The first-order valence-corrected chi connectivity index (χ1v) is 6.44. The van der Waals surface area contributed by atoms with Crippen molar-refractivity contribution in [2.75, 3.05) is 19.6 Å². The smallest absolute Gasteiger partial charge is 0.253 e. The standard InChI is InChI=1S/C13H16ClFN2O.ClH/c14-11-4-3-10(6-12(11)15)13(18)17-5-1-2-9(7-16)8-17;/h3-4,6,9H,1-2,5,7-8,16H2;1H. The van der Waals surface area contributed by atoms with E-state index in [2.05, 4.69) is 0 Å². The number of halogens is 3. The Hall–Kier alpha value is -0.840. The molecule has 2 rings (SSSR count). The van der Waals surface area contributed by atoms with Crippen LogP contribution in [0.5, 0.6) is 0 Å². The minimum absolute atomic E-state index is 0. The molecule has 0 radical (unpaired) electrons. The van der Waals surface area contributed by atoms with E-state index >= 15 is 0 Å². The zero-order valence-corrected chi connectivity index (χ0v) is 12.0. The zero-order chi connectivity index (χ0) is 13.1. The Bertz CT molecular complexity index is 456. The average molecular weight is 307 g/mol. The number of carbonyl (C=O) groups excluding carboxylic acids is 1. The number of amides is 1. The summed E-state index contributed by atoms with van der Waals surface area (Å²) in [5.41, 5.74) is 5.98. The van der Waals surface area contributed by atoms with E-state index in [-0.39, 0.29) is 23.3 Å². The molecular weight excluding hydrogens is 290 g/mol. The lowest BCUT2D eigenvalue weighted by atomic mass is 9.97. The molecule has 1 fully saturated rings. The molecule has 1 heterocycles. The Morgan fingerprint density at radius 1 is 1.53 bits per heavy atom. The van der Waals surface area contributed by atoms with Crippen LogP contribution in [0.15, 0.2) is 18.2 Å². The van der Waals surface area contributed by atoms with E-state index in [9.17, 15) is 9.18 Å². The largest absolute Gasteiger partial charge is 0.338 e. The van der Waals surface area contributed by atoms with Gasteiger partial charge in [0, 0.05) is 18.7 Å². The van der Waals surface area contributed by atoms with Crippen molar-refractivity contribution < 1.29 is 9.18 Å². The summed E-state index contributed by atoms with van der Waals surface area (Å²) in [6.07, 6.45) is 2.00. The van der Waals surface area contributed by atoms with E-state index in [0.29, 0.717) is 31.1 Å². The van der Waals surface area contributed by atoms with Crippen molar-refractivity contribution in [2.45, 2.75) is 12.8 Å². The lowest BCUT2D eigenvalue weighted by molar-refractivity contribution is 0.0677. The quantitative estimate of drug-likeness (QED) is 0.913. The molecule has 19 heavy (non-hydrogen) atoms. The third-order valence-corrected chi connectivity index (χ3v) is 3.61. The number of carbonyl (C=O) groups is 1. The van der Waals surface area contributed by atoms with E-state index in [1.807, 2.05) is 0 Å². The third kappa shape index (κ3) is 3.81. The number of nitrogens with two attached hydrogens (primary N) is 1. The summed E-state index contributed by atoms with van der Waals surface area (Å²) in [5.74, 6) is -0.363. The van der Waals surface area contributed by atoms with Gasteiger partial charge < -0.3 is 10.6 Å². The summed E-state index contributed by atoms with van der Waals surface area (Å²) in [6.45, 7) is 1.94. The summed E-state index contributed by atoms with van der Waals surface area (Å²) in [6, 6.07) is 4.16. The predicted molar refractivity (Wildman–Crippen MR) is 76.3 cm³/mol. The second-order valence-electron chi connectivity index (χ2n) is 4.62. The number of hydrogen-bond acceptors (Lipinski definition) is 2. The second kappa shape index (κ2) is 7.08. The summed E-state index contributed by atoms with van der Waals surface area (Å²) in [7, 11) is 0. The fraction of sp³-hybridized carbons (Fsp3) is 0.462. The summed E-state index contributed by atoms with van der Waals surface area (Å²) >= 11 is 5.60. The van der Waals surface area contributed by atoms with Crippen LogP contribution in [-0.4, -0.2) is 30.4 Å². The van der Waals surface area contributed by atoms with Crippen molar-refractivity contribution >= 4 is 29.9 Å². The molecular formula is C13H17Cl2FN2O. The van der Waals surface area contributed by atoms with E-state index in [1.165, 1.54) is 12.1 Å². The summed E-state index contributed by atoms with van der Waals surface area (Å²) in [4.78, 5) is 13.9. The van der Waals surface area contributed by atoms with Crippen LogP contribution >= 0.6 is 24.0 Å². The van der Waals surface area contributed by atoms with Gasteiger partial charge in [0.2, 0.25) is 0 Å². The highest BCUT2D eigenvalue weighted by Crippen LogP contribution is 2.20. The Kier molecular flexibility index (Phi) is 6.04. The maximum Gasteiger partial charge on any atom is 0.253 e. The van der Waals surface area contributed by atoms with Crippen molar-refractivity contribution in [3.8, 4) is 0 Å². The third-order valence-electron chi connectivity index (χ3n) is 3.31. The van der Waals surface area contributed by atoms with Crippen LogP contribution in [-0.2, 0) is 0 Å². The molecule has 3 nitrogen and oxygen atoms in total. The van der Waals surface area contributed by atoms with Gasteiger partial charge >= 0.3 is 0 Å². The molecule has 0 spiro atoms. The van der Waals surface area contributed by atoms with Crippen molar-refractivity contribution in [1.82, 2.24) is 4.90 Å². The minimum Gasteiger partial charge on any atom is -0.338 e. The van der Waals surface area contributed by atoms with Crippen LogP contribution < -0.4 is 5.73 Å². The number of likely N-dealkylation sites (tertiary alicyclic amines) is 1. The van der Waals surface area contributed by atoms with Gasteiger partial charge in [-0.3, -0.25) is 4.79 Å². The van der Waals surface area contributed by atoms with Gasteiger partial charge in [-0.2, -0.15) is 0 Å². The van der Waals surface area contributed by atoms with E-state index < -0.39 is 5.82 Å². The fourth-order valence-corrected chi connectivity index (χ4v) is 2.37. The first kappa shape index (κ1) is 16.2. The maximum atomic E-state index is 13.3. The zero-order valence-electron chi connectivity index (χ0n) is 10.4. The van der Waals surface area contributed by atoms with Crippen LogP contribution in [0.1, 0.15) is 23.2 Å². The minimum atomic E-state index is -0.560. The molecule has 106 valence electrons. The van der Waals surface area contributed by atoms with Gasteiger partial charge in [-0.1, -0.05) is 11.6 Å². The monoisotopic (exact) mass is 306 g/mol. The number of benzene rings is 1. The van der Waals surface area contributed by atoms with Gasteiger partial charge in [0.25, 0.3) is 5.91 Å². The molecule has 0 aliphatic carbocycles. The number of piperidine rings is 1. The lowest BCUT2D eigenvalue weighted by Gasteiger charge is -2.32. The topological polar surface area (TPSA) is 46.3 Å². The fourth-order valence-electron chi connectivity index (χ4n) is 2.25. The molecule has 1 amide bonds. The number of nitrogens with zero attached hydrogens (tertiary/aromatic N) is 1. The molecule has 0 saturated carbocycles. The van der Waals surface area contributed by atoms with Crippen molar-refractivity contribution in [1.29, 1.82) is 0 Å². The van der Waals surface area contributed by atoms with Crippen LogP contribution in [0.4, 0.5) is 4.39 Å². The first-order valence-electron chi connectivity index (χ1n) is 6.06. The van der Waals surface area contributed by atoms with Gasteiger partial charge in [0.15, 0.2) is 0 Å². The van der Waals surface area contributed by atoms with Gasteiger partial charge in [-0.25, -0.2) is 4.39 Å². The molecule has 1 atom stereocenters. The average Bonchev–Trinajstić information content (AvgIpc) is 2.41. The molecule has 1 saturated heterocycles. The molecule has 2 N–H and O–H groups in total. The Labute approximate surface area is 123 Å². The Morgan fingerprint density at radius 3 is 2.89 bits per heavy atom. The van der Waals surface area contributed by atoms with E-state index in [0.717, 1.165) is 12.8 Å². The second-order valence-corrected chi connectivity index (χ2v) is 5.03. The highest BCUT2D eigenvalue weighted by Gasteiger charge is 2.24. The normalized spacial score (nSPS) is 18.9. The van der Waals surface area contributed by atoms with Crippen molar-refractivity contribution in [2.24, 2.45) is 11.7 Å². The van der Waals surface area contributed by atoms with Gasteiger partial charge in [0.05, 0.1) is 5.02 Å². The van der Waals surface area contributed by atoms with Gasteiger partial charge in [-0.15, -0.1) is 12.4 Å². The van der Waals surface area contributed by atoms with Gasteiger partial charge in [0.1, 0.15) is 5.82 Å². The van der Waals surface area contributed by atoms with Crippen LogP contribution in [0, 0.1) is 11.7 Å². The lowest BCUT2D eigenvalue weighted by Crippen LogP contribution is -2.42. The molecule has 6 heteroatoms. The van der Waals surface area contributed by atoms with Crippen LogP contribution in [0.3, 0.4) is 0 Å². The molecule has 1 aliphatic heterocycles. The van der Waals surface area contributed by atoms with Gasteiger partial charge in [-0.05, 0) is 43.5 Å². The number of rotatable bonds is 2. The highest BCUT2D eigenvalue weighted by molar-refractivity contribution is 6.30. The van der Waals surface area contributed by atoms with Crippen LogP contribution in [0.25, 0.3) is 0 Å². The number of hydrogen-bond donors (Lipinski definition) is 1. The predicted octanol–water partition coefficient (Wildman–Crippen LogP) is 2.71. The Balaban J connectivity index is 0.00000180. The Morgan fingerprint density at radius 2 is 2.26 bits per heavy atom. The van der Waals surface area contributed by atoms with Crippen molar-refractivity contribution in [3.05, 3.63) is 34.6 Å². The molecule has 1 aliphatic rings. The SMILES string of the molecule is Cl.NCC1CCCN(C(=O)c2ccc(Cl)c(F)c2)C1. The van der Waals surface area contributed by atoms with Crippen molar-refractivity contribution in [3.63, 3.8) is 0 Å². The molecule has 1 aromatic carbocycles. The molecule has 1 unspecified atom stereocenters. The summed E-state index contributed by atoms with van der Waals surface area (Å²) in [5, 5.41) is 0.0324. The maximum absolute atomic E-state index is 13.3. The molecule has 0 aromatic heterocycles. The molecule has 1 aromatic rings. The molecule has 0 bridgehead atoms. The summed E-state index contributed by atoms with van der Waals surface area (Å²) < 4.78 is 13.3. The van der Waals surface area contributed by atoms with E-state index in [1.54, 1.807) is 11.0 Å².